The van der Waals surface area contributed by atoms with Crippen molar-refractivity contribution < 1.29 is 9.84 Å². The molecule has 0 heterocycles. The van der Waals surface area contributed by atoms with E-state index in [1.54, 1.807) is 7.11 Å². The van der Waals surface area contributed by atoms with Gasteiger partial charge in [0.2, 0.25) is 0 Å². The normalized spacial score (nSPS) is 13.5. The molecule has 0 radical (unpaired) electrons. The number of ether oxygens (including phenoxy) is 1. The molecule has 0 bridgehead atoms. The number of anilines is 1. The highest BCUT2D eigenvalue weighted by molar-refractivity contribution is 5.50. The van der Waals surface area contributed by atoms with Crippen LogP contribution in [0.5, 0.6) is 5.75 Å². The molecule has 0 fully saturated rings. The summed E-state index contributed by atoms with van der Waals surface area (Å²) in [7, 11) is 1.65. The fourth-order valence-corrected chi connectivity index (χ4v) is 2.46. The smallest absolute Gasteiger partial charge is 0.120 e. The molecule has 0 amide bonds. The number of nitrogens with one attached hydrogen (secondary N) is 1. The maximum atomic E-state index is 9.93. The number of hydrogen-bond acceptors (Lipinski definition) is 3. The molecule has 0 aromatic heterocycles. The van der Waals surface area contributed by atoms with Gasteiger partial charge in [-0.3, -0.25) is 0 Å². The van der Waals surface area contributed by atoms with Crippen LogP contribution in [0.3, 0.4) is 0 Å². The molecule has 2 rings (SSSR count). The molecule has 1 unspecified atom stereocenters. The van der Waals surface area contributed by atoms with E-state index in [4.69, 9.17) is 4.74 Å². The fourth-order valence-electron chi connectivity index (χ4n) is 2.46. The Balaban J connectivity index is 2.21. The van der Waals surface area contributed by atoms with Crippen LogP contribution in [0.25, 0.3) is 0 Å². The second-order valence-corrected chi connectivity index (χ2v) is 5.31. The standard InChI is InChI=1S/C18H23NO2/c1-3-18(14-20,13-15-8-5-4-6-9-15)19-16-10-7-11-17(12-16)21-2/h4-12,19-20H,3,13-14H2,1-2H3. The van der Waals surface area contributed by atoms with E-state index in [-0.39, 0.29) is 12.1 Å². The first-order chi connectivity index (χ1) is 10.2. The molecule has 0 saturated heterocycles. The van der Waals surface area contributed by atoms with Gasteiger partial charge in [-0.05, 0) is 30.5 Å². The highest BCUT2D eigenvalue weighted by Gasteiger charge is 2.27. The number of rotatable bonds is 7. The van der Waals surface area contributed by atoms with E-state index in [0.717, 1.165) is 24.3 Å². The van der Waals surface area contributed by atoms with Crippen molar-refractivity contribution in [3.05, 3.63) is 60.2 Å². The molecule has 21 heavy (non-hydrogen) atoms. The molecule has 0 saturated carbocycles. The van der Waals surface area contributed by atoms with Gasteiger partial charge in [0.15, 0.2) is 0 Å². The number of methoxy groups -OCH3 is 1. The van der Waals surface area contributed by atoms with Crippen LogP contribution in [0.2, 0.25) is 0 Å². The minimum atomic E-state index is -0.367. The SMILES string of the molecule is CCC(CO)(Cc1ccccc1)Nc1cccc(OC)c1. The average molecular weight is 285 g/mol. The number of aliphatic hydroxyl groups is 1. The molecule has 2 N–H and O–H groups in total. The summed E-state index contributed by atoms with van der Waals surface area (Å²) in [5.41, 5.74) is 1.80. The molecule has 0 aliphatic carbocycles. The Bertz CT molecular complexity index is 550. The first-order valence-electron chi connectivity index (χ1n) is 7.28. The Kier molecular flexibility index (Phi) is 5.23. The molecule has 2 aromatic rings. The lowest BCUT2D eigenvalue weighted by atomic mass is 9.88. The predicted octanol–water partition coefficient (Wildman–Crippen LogP) is 3.49. The summed E-state index contributed by atoms with van der Waals surface area (Å²) in [4.78, 5) is 0. The molecular weight excluding hydrogens is 262 g/mol. The molecule has 0 spiro atoms. The monoisotopic (exact) mass is 285 g/mol. The van der Waals surface area contributed by atoms with Gasteiger partial charge in [-0.1, -0.05) is 43.3 Å². The second-order valence-electron chi connectivity index (χ2n) is 5.31. The van der Waals surface area contributed by atoms with E-state index in [0.29, 0.717) is 0 Å². The van der Waals surface area contributed by atoms with Crippen LogP contribution in [0.1, 0.15) is 18.9 Å². The summed E-state index contributed by atoms with van der Waals surface area (Å²) < 4.78 is 5.25. The summed E-state index contributed by atoms with van der Waals surface area (Å²) >= 11 is 0. The van der Waals surface area contributed by atoms with E-state index in [9.17, 15) is 5.11 Å². The summed E-state index contributed by atoms with van der Waals surface area (Å²) in [6.45, 7) is 2.17. The lowest BCUT2D eigenvalue weighted by molar-refractivity contribution is 0.205. The minimum absolute atomic E-state index is 0.0790. The van der Waals surface area contributed by atoms with Gasteiger partial charge in [-0.15, -0.1) is 0 Å². The van der Waals surface area contributed by atoms with Crippen LogP contribution < -0.4 is 10.1 Å². The lowest BCUT2D eigenvalue weighted by Gasteiger charge is -2.33. The summed E-state index contributed by atoms with van der Waals surface area (Å²) in [5.74, 6) is 0.808. The van der Waals surface area contributed by atoms with E-state index in [1.807, 2.05) is 42.5 Å². The molecule has 3 nitrogen and oxygen atoms in total. The Morgan fingerprint density at radius 3 is 2.48 bits per heavy atom. The highest BCUT2D eigenvalue weighted by Crippen LogP contribution is 2.25. The van der Waals surface area contributed by atoms with Crippen molar-refractivity contribution >= 4 is 5.69 Å². The van der Waals surface area contributed by atoms with Crippen molar-refractivity contribution in [3.63, 3.8) is 0 Å². The van der Waals surface area contributed by atoms with Gasteiger partial charge in [0, 0.05) is 11.8 Å². The maximum Gasteiger partial charge on any atom is 0.120 e. The predicted molar refractivity (Wildman–Crippen MR) is 86.9 cm³/mol. The fraction of sp³-hybridized carbons (Fsp3) is 0.333. The van der Waals surface area contributed by atoms with E-state index >= 15 is 0 Å². The van der Waals surface area contributed by atoms with Crippen molar-refractivity contribution in [2.75, 3.05) is 19.0 Å². The zero-order valence-electron chi connectivity index (χ0n) is 12.7. The summed E-state index contributed by atoms with van der Waals surface area (Å²) in [6, 6.07) is 18.0. The molecule has 0 aliphatic rings. The van der Waals surface area contributed by atoms with Crippen molar-refractivity contribution in [2.45, 2.75) is 25.3 Å². The van der Waals surface area contributed by atoms with Gasteiger partial charge in [0.25, 0.3) is 0 Å². The molecule has 0 aliphatic heterocycles. The molecular formula is C18H23NO2. The van der Waals surface area contributed by atoms with Gasteiger partial charge in [-0.2, -0.15) is 0 Å². The first-order valence-corrected chi connectivity index (χ1v) is 7.28. The largest absolute Gasteiger partial charge is 0.497 e. The van der Waals surface area contributed by atoms with E-state index in [1.165, 1.54) is 5.56 Å². The maximum absolute atomic E-state index is 9.93. The van der Waals surface area contributed by atoms with Crippen LogP contribution in [-0.4, -0.2) is 24.4 Å². The molecule has 1 atom stereocenters. The third kappa shape index (κ3) is 3.99. The van der Waals surface area contributed by atoms with Gasteiger partial charge >= 0.3 is 0 Å². The number of hydrogen-bond donors (Lipinski definition) is 2. The van der Waals surface area contributed by atoms with E-state index < -0.39 is 0 Å². The zero-order valence-corrected chi connectivity index (χ0v) is 12.7. The minimum Gasteiger partial charge on any atom is -0.497 e. The Hall–Kier alpha value is -2.00. The zero-order chi connectivity index (χ0) is 15.1. The van der Waals surface area contributed by atoms with Crippen LogP contribution in [0, 0.1) is 0 Å². The number of benzene rings is 2. The van der Waals surface area contributed by atoms with Gasteiger partial charge in [-0.25, -0.2) is 0 Å². The average Bonchev–Trinajstić information content (AvgIpc) is 2.55. The number of aliphatic hydroxyl groups excluding tert-OH is 1. The molecule has 112 valence electrons. The van der Waals surface area contributed by atoms with Gasteiger partial charge in [0.1, 0.15) is 5.75 Å². The summed E-state index contributed by atoms with van der Waals surface area (Å²) in [6.07, 6.45) is 1.60. The summed E-state index contributed by atoms with van der Waals surface area (Å²) in [5, 5.41) is 13.4. The van der Waals surface area contributed by atoms with E-state index in [2.05, 4.69) is 24.4 Å². The quantitative estimate of drug-likeness (QED) is 0.818. The Morgan fingerprint density at radius 2 is 1.86 bits per heavy atom. The third-order valence-electron chi connectivity index (χ3n) is 3.84. The highest BCUT2D eigenvalue weighted by atomic mass is 16.5. The Labute approximate surface area is 126 Å². The third-order valence-corrected chi connectivity index (χ3v) is 3.84. The van der Waals surface area contributed by atoms with Crippen LogP contribution in [-0.2, 0) is 6.42 Å². The van der Waals surface area contributed by atoms with Crippen molar-refractivity contribution in [1.29, 1.82) is 0 Å². The first kappa shape index (κ1) is 15.4. The molecule has 2 aromatic carbocycles. The Morgan fingerprint density at radius 1 is 1.10 bits per heavy atom. The van der Waals surface area contributed by atoms with Crippen molar-refractivity contribution in [1.82, 2.24) is 0 Å². The topological polar surface area (TPSA) is 41.5 Å². The van der Waals surface area contributed by atoms with Crippen LogP contribution in [0.15, 0.2) is 54.6 Å². The van der Waals surface area contributed by atoms with Gasteiger partial charge < -0.3 is 15.2 Å². The van der Waals surface area contributed by atoms with Gasteiger partial charge in [0.05, 0.1) is 19.3 Å². The second kappa shape index (κ2) is 7.14. The van der Waals surface area contributed by atoms with Crippen LogP contribution in [0.4, 0.5) is 5.69 Å². The lowest BCUT2D eigenvalue weighted by Crippen LogP contribution is -2.43. The van der Waals surface area contributed by atoms with Crippen molar-refractivity contribution in [3.8, 4) is 5.75 Å². The van der Waals surface area contributed by atoms with Crippen LogP contribution >= 0.6 is 0 Å². The van der Waals surface area contributed by atoms with Crippen molar-refractivity contribution in [2.24, 2.45) is 0 Å². The molecule has 3 heteroatoms.